The van der Waals surface area contributed by atoms with Gasteiger partial charge in [0.15, 0.2) is 0 Å². The van der Waals surface area contributed by atoms with Gasteiger partial charge in [-0.05, 0) is 44.5 Å². The second-order valence-electron chi connectivity index (χ2n) is 4.30. The molecule has 18 heavy (non-hydrogen) atoms. The van der Waals surface area contributed by atoms with E-state index < -0.39 is 0 Å². The number of aryl methyl sites for hydroxylation is 3. The topological polar surface area (TPSA) is 62.5 Å². The number of rotatable bonds is 2. The highest BCUT2D eigenvalue weighted by Crippen LogP contribution is 2.22. The fourth-order valence-electron chi connectivity index (χ4n) is 1.88. The summed E-state index contributed by atoms with van der Waals surface area (Å²) in [4.78, 5) is 12.1. The fraction of sp³-hybridized carbons (Fsp3) is 0.214. The first-order valence-electron chi connectivity index (χ1n) is 5.64. The Hall–Kier alpha value is -2.23. The highest BCUT2D eigenvalue weighted by Gasteiger charge is 2.16. The van der Waals surface area contributed by atoms with Crippen molar-refractivity contribution in [1.29, 1.82) is 0 Å². The van der Waals surface area contributed by atoms with Crippen molar-refractivity contribution in [2.75, 3.05) is 5.32 Å². The van der Waals surface area contributed by atoms with Crippen LogP contribution in [0.15, 0.2) is 28.9 Å². The van der Waals surface area contributed by atoms with E-state index in [0.29, 0.717) is 17.0 Å². The molecule has 1 aromatic carbocycles. The van der Waals surface area contributed by atoms with Crippen LogP contribution < -0.4 is 5.32 Å². The summed E-state index contributed by atoms with van der Waals surface area (Å²) in [6, 6.07) is 4.82. The maximum Gasteiger partial charge on any atom is 0.259 e. The quantitative estimate of drug-likeness (QED) is 0.799. The van der Waals surface area contributed by atoms with E-state index in [0.717, 1.165) is 11.1 Å². The lowest BCUT2D eigenvalue weighted by atomic mass is 10.1. The largest absolute Gasteiger partial charge is 0.508 e. The molecule has 0 aliphatic rings. The van der Waals surface area contributed by atoms with E-state index in [1.165, 1.54) is 6.07 Å². The number of benzene rings is 1. The van der Waals surface area contributed by atoms with Crippen LogP contribution in [-0.4, -0.2) is 11.0 Å². The second-order valence-corrected chi connectivity index (χ2v) is 4.30. The van der Waals surface area contributed by atoms with Gasteiger partial charge in [-0.25, -0.2) is 0 Å². The van der Waals surface area contributed by atoms with E-state index >= 15 is 0 Å². The number of carbonyl (C=O) groups is 1. The normalized spacial score (nSPS) is 10.4. The van der Waals surface area contributed by atoms with Crippen LogP contribution in [0, 0.1) is 20.8 Å². The van der Waals surface area contributed by atoms with E-state index in [1.807, 2.05) is 13.8 Å². The Morgan fingerprint density at radius 2 is 1.94 bits per heavy atom. The van der Waals surface area contributed by atoms with Crippen LogP contribution in [0.1, 0.15) is 27.2 Å². The zero-order valence-electron chi connectivity index (χ0n) is 10.6. The molecule has 94 valence electrons. The highest BCUT2D eigenvalue weighted by atomic mass is 16.3. The number of furan rings is 1. The number of nitrogens with one attached hydrogen (secondary N) is 1. The van der Waals surface area contributed by atoms with Crippen LogP contribution in [0.4, 0.5) is 5.69 Å². The van der Waals surface area contributed by atoms with E-state index in [9.17, 15) is 9.90 Å². The summed E-state index contributed by atoms with van der Waals surface area (Å²) in [6.45, 7) is 5.41. The molecule has 1 heterocycles. The lowest BCUT2D eigenvalue weighted by Gasteiger charge is -2.08. The van der Waals surface area contributed by atoms with Gasteiger partial charge in [0.05, 0.1) is 11.8 Å². The molecule has 0 fully saturated rings. The minimum Gasteiger partial charge on any atom is -0.508 e. The van der Waals surface area contributed by atoms with Crippen LogP contribution in [0.25, 0.3) is 0 Å². The summed E-state index contributed by atoms with van der Waals surface area (Å²) in [6.07, 6.45) is 1.56. The zero-order valence-corrected chi connectivity index (χ0v) is 10.6. The van der Waals surface area contributed by atoms with Gasteiger partial charge in [0.2, 0.25) is 0 Å². The molecule has 2 rings (SSSR count). The third-order valence-electron chi connectivity index (χ3n) is 2.84. The third-order valence-corrected chi connectivity index (χ3v) is 2.84. The Labute approximate surface area is 105 Å². The monoisotopic (exact) mass is 245 g/mol. The molecular weight excluding hydrogens is 230 g/mol. The molecule has 0 aliphatic carbocycles. The van der Waals surface area contributed by atoms with Crippen molar-refractivity contribution in [3.8, 4) is 5.75 Å². The SMILES string of the molecule is Cc1cc(O)ccc1NC(=O)c1c(C)coc1C. The Morgan fingerprint density at radius 3 is 2.50 bits per heavy atom. The lowest BCUT2D eigenvalue weighted by Crippen LogP contribution is -2.14. The van der Waals surface area contributed by atoms with Crippen molar-refractivity contribution in [1.82, 2.24) is 0 Å². The average Bonchev–Trinajstić information content (AvgIpc) is 2.62. The van der Waals surface area contributed by atoms with Crippen LogP contribution in [0.5, 0.6) is 5.75 Å². The summed E-state index contributed by atoms with van der Waals surface area (Å²) in [5.74, 6) is 0.579. The number of phenolic OH excluding ortho intramolecular Hbond substituents is 1. The van der Waals surface area contributed by atoms with Gasteiger partial charge in [-0.15, -0.1) is 0 Å². The first-order chi connectivity index (χ1) is 8.49. The summed E-state index contributed by atoms with van der Waals surface area (Å²) in [5.41, 5.74) is 2.85. The van der Waals surface area contributed by atoms with E-state index in [1.54, 1.807) is 25.3 Å². The molecule has 0 saturated heterocycles. The first kappa shape index (κ1) is 12.2. The fourth-order valence-corrected chi connectivity index (χ4v) is 1.88. The predicted molar refractivity (Wildman–Crippen MR) is 69.0 cm³/mol. The molecule has 0 saturated carbocycles. The van der Waals surface area contributed by atoms with Crippen LogP contribution in [0.2, 0.25) is 0 Å². The molecule has 0 radical (unpaired) electrons. The van der Waals surface area contributed by atoms with Crippen LogP contribution in [-0.2, 0) is 0 Å². The Morgan fingerprint density at radius 1 is 1.22 bits per heavy atom. The van der Waals surface area contributed by atoms with Crippen molar-refractivity contribution in [2.45, 2.75) is 20.8 Å². The Bertz CT molecular complexity index is 580. The number of aromatic hydroxyl groups is 1. The Kier molecular flexibility index (Phi) is 3.10. The predicted octanol–water partition coefficient (Wildman–Crippen LogP) is 3.16. The lowest BCUT2D eigenvalue weighted by molar-refractivity contribution is 0.102. The summed E-state index contributed by atoms with van der Waals surface area (Å²) < 4.78 is 5.20. The second kappa shape index (κ2) is 4.56. The minimum absolute atomic E-state index is 0.182. The third kappa shape index (κ3) is 2.22. The summed E-state index contributed by atoms with van der Waals surface area (Å²) in [7, 11) is 0. The summed E-state index contributed by atoms with van der Waals surface area (Å²) in [5, 5.41) is 12.1. The van der Waals surface area contributed by atoms with Gasteiger partial charge in [0.1, 0.15) is 11.5 Å². The number of phenols is 1. The average molecular weight is 245 g/mol. The number of anilines is 1. The van der Waals surface area contributed by atoms with Crippen molar-refractivity contribution >= 4 is 11.6 Å². The van der Waals surface area contributed by atoms with Gasteiger partial charge in [0, 0.05) is 11.3 Å². The molecular formula is C14H15NO3. The summed E-state index contributed by atoms with van der Waals surface area (Å²) >= 11 is 0. The molecule has 2 aromatic rings. The maximum absolute atomic E-state index is 12.1. The molecule has 0 unspecified atom stereocenters. The van der Waals surface area contributed by atoms with Gasteiger partial charge >= 0.3 is 0 Å². The smallest absolute Gasteiger partial charge is 0.259 e. The van der Waals surface area contributed by atoms with Crippen molar-refractivity contribution in [3.05, 3.63) is 46.9 Å². The van der Waals surface area contributed by atoms with Crippen molar-refractivity contribution < 1.29 is 14.3 Å². The van der Waals surface area contributed by atoms with Crippen LogP contribution in [0.3, 0.4) is 0 Å². The minimum atomic E-state index is -0.201. The number of carbonyl (C=O) groups excluding carboxylic acids is 1. The number of amides is 1. The molecule has 0 spiro atoms. The van der Waals surface area contributed by atoms with Crippen molar-refractivity contribution in [2.24, 2.45) is 0 Å². The van der Waals surface area contributed by atoms with E-state index in [2.05, 4.69) is 5.32 Å². The molecule has 0 aliphatic heterocycles. The van der Waals surface area contributed by atoms with Crippen LogP contribution >= 0.6 is 0 Å². The van der Waals surface area contributed by atoms with Gasteiger partial charge in [-0.3, -0.25) is 4.79 Å². The molecule has 1 aromatic heterocycles. The standard InChI is InChI=1S/C14H15NO3/c1-8-6-11(16)4-5-12(8)15-14(17)13-9(2)7-18-10(13)3/h4-7,16H,1-3H3,(H,15,17). The first-order valence-corrected chi connectivity index (χ1v) is 5.64. The molecule has 4 nitrogen and oxygen atoms in total. The molecule has 0 atom stereocenters. The molecule has 4 heteroatoms. The van der Waals surface area contributed by atoms with E-state index in [-0.39, 0.29) is 11.7 Å². The van der Waals surface area contributed by atoms with Gasteiger partial charge in [0.25, 0.3) is 5.91 Å². The number of hydrogen-bond donors (Lipinski definition) is 2. The molecule has 1 amide bonds. The number of hydrogen-bond acceptors (Lipinski definition) is 3. The van der Waals surface area contributed by atoms with Gasteiger partial charge < -0.3 is 14.8 Å². The Balaban J connectivity index is 2.27. The van der Waals surface area contributed by atoms with Gasteiger partial charge in [-0.1, -0.05) is 0 Å². The molecule has 2 N–H and O–H groups in total. The van der Waals surface area contributed by atoms with E-state index in [4.69, 9.17) is 4.42 Å². The van der Waals surface area contributed by atoms with Crippen molar-refractivity contribution in [3.63, 3.8) is 0 Å². The maximum atomic E-state index is 12.1. The zero-order chi connectivity index (χ0) is 13.3. The molecule has 0 bridgehead atoms. The highest BCUT2D eigenvalue weighted by molar-refractivity contribution is 6.06. The van der Waals surface area contributed by atoms with Gasteiger partial charge in [-0.2, -0.15) is 0 Å².